The first-order valence-electron chi connectivity index (χ1n) is 5.30. The van der Waals surface area contributed by atoms with Crippen molar-refractivity contribution in [3.63, 3.8) is 0 Å². The molecule has 1 unspecified atom stereocenters. The maximum absolute atomic E-state index is 11.7. The van der Waals surface area contributed by atoms with Crippen LogP contribution in [0.1, 0.15) is 16.8 Å². The number of nitrogens with one attached hydrogen (secondary N) is 1. The van der Waals surface area contributed by atoms with E-state index in [4.69, 9.17) is 10.3 Å². The SMILES string of the molecule is [N-]=[N+]=Nc1ccc(C(=O)OC2CC(=O)NC2=O)cc1. The number of amides is 2. The van der Waals surface area contributed by atoms with Gasteiger partial charge in [0.15, 0.2) is 6.10 Å². The van der Waals surface area contributed by atoms with Gasteiger partial charge in [-0.25, -0.2) is 4.79 Å². The molecule has 1 aliphatic rings. The highest BCUT2D eigenvalue weighted by Gasteiger charge is 2.33. The number of imide groups is 1. The van der Waals surface area contributed by atoms with Crippen molar-refractivity contribution in [2.75, 3.05) is 0 Å². The molecule has 2 rings (SSSR count). The minimum absolute atomic E-state index is 0.165. The summed E-state index contributed by atoms with van der Waals surface area (Å²) in [4.78, 5) is 36.5. The molecule has 8 heteroatoms. The van der Waals surface area contributed by atoms with Crippen LogP contribution in [0.2, 0.25) is 0 Å². The second-order valence-corrected chi connectivity index (χ2v) is 3.75. The van der Waals surface area contributed by atoms with Crippen molar-refractivity contribution in [2.45, 2.75) is 12.5 Å². The molecule has 96 valence electrons. The summed E-state index contributed by atoms with van der Waals surface area (Å²) in [5.74, 6) is -1.81. The Balaban J connectivity index is 2.05. The molecule has 2 amide bonds. The van der Waals surface area contributed by atoms with Gasteiger partial charge in [0.1, 0.15) is 0 Å². The summed E-state index contributed by atoms with van der Waals surface area (Å²) in [6.07, 6.45) is -1.25. The smallest absolute Gasteiger partial charge is 0.338 e. The number of hydrogen-bond acceptors (Lipinski definition) is 5. The van der Waals surface area contributed by atoms with Crippen molar-refractivity contribution in [2.24, 2.45) is 5.11 Å². The molecule has 1 N–H and O–H groups in total. The number of carbonyl (C=O) groups excluding carboxylic acids is 3. The molecule has 1 atom stereocenters. The van der Waals surface area contributed by atoms with Gasteiger partial charge >= 0.3 is 5.97 Å². The fourth-order valence-corrected chi connectivity index (χ4v) is 1.54. The number of hydrogen-bond donors (Lipinski definition) is 1. The Kier molecular flexibility index (Phi) is 3.44. The molecule has 0 radical (unpaired) electrons. The van der Waals surface area contributed by atoms with E-state index in [0.29, 0.717) is 5.69 Å². The van der Waals surface area contributed by atoms with E-state index in [0.717, 1.165) is 0 Å². The summed E-state index contributed by atoms with van der Waals surface area (Å²) in [6, 6.07) is 5.69. The topological polar surface area (TPSA) is 121 Å². The van der Waals surface area contributed by atoms with Gasteiger partial charge in [0, 0.05) is 10.6 Å². The van der Waals surface area contributed by atoms with Crippen molar-refractivity contribution >= 4 is 23.5 Å². The summed E-state index contributed by atoms with van der Waals surface area (Å²) in [5.41, 5.74) is 8.78. The third-order valence-electron chi connectivity index (χ3n) is 2.44. The third-order valence-corrected chi connectivity index (χ3v) is 2.44. The molecular formula is C11H8N4O4. The zero-order valence-electron chi connectivity index (χ0n) is 9.57. The molecule has 0 saturated carbocycles. The van der Waals surface area contributed by atoms with Gasteiger partial charge < -0.3 is 4.74 Å². The van der Waals surface area contributed by atoms with E-state index in [2.05, 4.69) is 10.0 Å². The van der Waals surface area contributed by atoms with Crippen LogP contribution >= 0.6 is 0 Å². The van der Waals surface area contributed by atoms with Gasteiger partial charge in [0.05, 0.1) is 12.0 Å². The Bertz CT molecular complexity index is 589. The molecule has 19 heavy (non-hydrogen) atoms. The summed E-state index contributed by atoms with van der Waals surface area (Å²) < 4.78 is 4.90. The number of carbonyl (C=O) groups is 3. The first-order chi connectivity index (χ1) is 9.10. The van der Waals surface area contributed by atoms with E-state index in [9.17, 15) is 14.4 Å². The largest absolute Gasteiger partial charge is 0.448 e. The van der Waals surface area contributed by atoms with E-state index < -0.39 is 23.9 Å². The summed E-state index contributed by atoms with van der Waals surface area (Å²) >= 11 is 0. The predicted molar refractivity (Wildman–Crippen MR) is 62.2 cm³/mol. The Hall–Kier alpha value is -2.86. The molecule has 1 saturated heterocycles. The standard InChI is InChI=1S/C11H8N4O4/c12-15-14-7-3-1-6(2-4-7)11(18)19-8-5-9(16)13-10(8)17/h1-4,8H,5H2,(H,13,16,17). The number of ether oxygens (including phenoxy) is 1. The minimum Gasteiger partial charge on any atom is -0.448 e. The van der Waals surface area contributed by atoms with Crippen LogP contribution in [0.15, 0.2) is 29.4 Å². The van der Waals surface area contributed by atoms with Crippen molar-refractivity contribution in [3.05, 3.63) is 40.3 Å². The molecule has 1 aromatic carbocycles. The molecule has 1 heterocycles. The quantitative estimate of drug-likeness (QED) is 0.288. The van der Waals surface area contributed by atoms with E-state index in [1.807, 2.05) is 5.32 Å². The van der Waals surface area contributed by atoms with Crippen LogP contribution in [-0.4, -0.2) is 23.9 Å². The second kappa shape index (κ2) is 5.19. The number of rotatable bonds is 3. The number of azide groups is 1. The maximum Gasteiger partial charge on any atom is 0.338 e. The second-order valence-electron chi connectivity index (χ2n) is 3.75. The van der Waals surface area contributed by atoms with Crippen LogP contribution in [0.25, 0.3) is 10.4 Å². The molecule has 1 aromatic rings. The zero-order chi connectivity index (χ0) is 13.8. The normalized spacial score (nSPS) is 17.6. The first-order valence-corrected chi connectivity index (χ1v) is 5.30. The highest BCUT2D eigenvalue weighted by Crippen LogP contribution is 2.15. The van der Waals surface area contributed by atoms with E-state index in [1.54, 1.807) is 0 Å². The van der Waals surface area contributed by atoms with E-state index in [-0.39, 0.29) is 12.0 Å². The predicted octanol–water partition coefficient (Wildman–Crippen LogP) is 1.20. The van der Waals surface area contributed by atoms with Gasteiger partial charge in [-0.1, -0.05) is 17.2 Å². The lowest BCUT2D eigenvalue weighted by atomic mass is 10.2. The third kappa shape index (κ3) is 2.88. The van der Waals surface area contributed by atoms with Crippen LogP contribution in [0, 0.1) is 0 Å². The minimum atomic E-state index is -1.09. The number of benzene rings is 1. The first kappa shape index (κ1) is 12.6. The van der Waals surface area contributed by atoms with Gasteiger partial charge in [-0.2, -0.15) is 0 Å². The molecule has 1 fully saturated rings. The Morgan fingerprint density at radius 2 is 2.05 bits per heavy atom. The van der Waals surface area contributed by atoms with Crippen LogP contribution in [0.3, 0.4) is 0 Å². The lowest BCUT2D eigenvalue weighted by molar-refractivity contribution is -0.128. The summed E-state index contributed by atoms with van der Waals surface area (Å²) in [6.45, 7) is 0. The zero-order valence-corrected chi connectivity index (χ0v) is 9.57. The van der Waals surface area contributed by atoms with Crippen LogP contribution in [0.5, 0.6) is 0 Å². The van der Waals surface area contributed by atoms with Crippen LogP contribution in [-0.2, 0) is 14.3 Å². The highest BCUT2D eigenvalue weighted by atomic mass is 16.5. The average molecular weight is 260 g/mol. The lowest BCUT2D eigenvalue weighted by Crippen LogP contribution is -2.28. The Labute approximate surface area is 107 Å². The van der Waals surface area contributed by atoms with Gasteiger partial charge in [0.2, 0.25) is 5.91 Å². The molecule has 8 nitrogen and oxygen atoms in total. The molecule has 1 aliphatic heterocycles. The fraction of sp³-hybridized carbons (Fsp3) is 0.182. The average Bonchev–Trinajstić information content (AvgIpc) is 2.69. The number of nitrogens with zero attached hydrogens (tertiary/aromatic N) is 3. The Morgan fingerprint density at radius 3 is 2.58 bits per heavy atom. The van der Waals surface area contributed by atoms with Crippen LogP contribution < -0.4 is 5.32 Å². The monoisotopic (exact) mass is 260 g/mol. The fourth-order valence-electron chi connectivity index (χ4n) is 1.54. The van der Waals surface area contributed by atoms with Crippen molar-refractivity contribution in [1.82, 2.24) is 5.32 Å². The van der Waals surface area contributed by atoms with Crippen molar-refractivity contribution in [3.8, 4) is 0 Å². The molecule has 0 aliphatic carbocycles. The molecule has 0 aromatic heterocycles. The maximum atomic E-state index is 11.7. The van der Waals surface area contributed by atoms with Crippen molar-refractivity contribution in [1.29, 1.82) is 0 Å². The summed E-state index contributed by atoms with van der Waals surface area (Å²) in [7, 11) is 0. The van der Waals surface area contributed by atoms with Crippen molar-refractivity contribution < 1.29 is 19.1 Å². The van der Waals surface area contributed by atoms with Gasteiger partial charge in [-0.05, 0) is 17.7 Å². The highest BCUT2D eigenvalue weighted by molar-refractivity contribution is 6.06. The van der Waals surface area contributed by atoms with Gasteiger partial charge in [-0.3, -0.25) is 14.9 Å². The van der Waals surface area contributed by atoms with Crippen LogP contribution in [0.4, 0.5) is 5.69 Å². The Morgan fingerprint density at radius 1 is 1.37 bits per heavy atom. The molecule has 0 spiro atoms. The van der Waals surface area contributed by atoms with Gasteiger partial charge in [-0.15, -0.1) is 0 Å². The lowest BCUT2D eigenvalue weighted by Gasteiger charge is -2.08. The molecular weight excluding hydrogens is 252 g/mol. The summed E-state index contributed by atoms with van der Waals surface area (Å²) in [5, 5.41) is 5.39. The van der Waals surface area contributed by atoms with E-state index in [1.165, 1.54) is 24.3 Å². The van der Waals surface area contributed by atoms with Gasteiger partial charge in [0.25, 0.3) is 5.91 Å². The van der Waals surface area contributed by atoms with E-state index >= 15 is 0 Å². The number of esters is 1. The molecule has 0 bridgehead atoms.